The van der Waals surface area contributed by atoms with Crippen molar-refractivity contribution in [1.82, 2.24) is 14.0 Å². The van der Waals surface area contributed by atoms with Crippen molar-refractivity contribution in [2.45, 2.75) is 25.9 Å². The number of esters is 1. The fourth-order valence-corrected chi connectivity index (χ4v) is 4.11. The Morgan fingerprint density at radius 2 is 1.80 bits per heavy atom. The van der Waals surface area contributed by atoms with E-state index in [9.17, 15) is 36.7 Å². The third-order valence-corrected chi connectivity index (χ3v) is 6.19. The molecule has 2 aromatic rings. The van der Waals surface area contributed by atoms with Crippen LogP contribution in [0.15, 0.2) is 32.3 Å². The Bertz CT molecular complexity index is 1270. The van der Waals surface area contributed by atoms with Gasteiger partial charge in [0.05, 0.1) is 23.9 Å². The number of nitrogens with zero attached hydrogens (tertiary/aromatic N) is 3. The van der Waals surface area contributed by atoms with Crippen molar-refractivity contribution in [3.63, 3.8) is 0 Å². The van der Waals surface area contributed by atoms with Crippen LogP contribution in [-0.2, 0) is 22.8 Å². The third-order valence-electron chi connectivity index (χ3n) is 5.53. The van der Waals surface area contributed by atoms with Crippen LogP contribution < -0.4 is 16.6 Å². The van der Waals surface area contributed by atoms with E-state index in [2.05, 4.69) is 21.2 Å². The number of piperidine rings is 1. The summed E-state index contributed by atoms with van der Waals surface area (Å²) in [6.45, 7) is 2.45. The minimum Gasteiger partial charge on any atom is -0.466 e. The molecule has 190 valence electrons. The van der Waals surface area contributed by atoms with Crippen molar-refractivity contribution >= 4 is 33.6 Å². The molecular formula is C21H21BrF4N4O5. The highest BCUT2D eigenvalue weighted by Gasteiger charge is 2.35. The van der Waals surface area contributed by atoms with E-state index in [-0.39, 0.29) is 56.9 Å². The number of amides is 2. The smallest absolute Gasteiger partial charge is 0.431 e. The van der Waals surface area contributed by atoms with Crippen LogP contribution in [0.25, 0.3) is 5.69 Å². The van der Waals surface area contributed by atoms with Crippen LogP contribution in [0.3, 0.4) is 0 Å². The van der Waals surface area contributed by atoms with Crippen molar-refractivity contribution in [3.8, 4) is 5.69 Å². The Hall–Kier alpha value is -3.16. The number of urea groups is 1. The van der Waals surface area contributed by atoms with Gasteiger partial charge >= 0.3 is 23.9 Å². The zero-order chi connectivity index (χ0) is 26.1. The topological polar surface area (TPSA) is 103 Å². The molecule has 0 radical (unpaired) electrons. The van der Waals surface area contributed by atoms with Crippen LogP contribution in [0.5, 0.6) is 0 Å². The Labute approximate surface area is 204 Å². The lowest BCUT2D eigenvalue weighted by atomic mass is 9.97. The number of benzene rings is 1. The summed E-state index contributed by atoms with van der Waals surface area (Å²) in [4.78, 5) is 50.9. The number of hydrogen-bond acceptors (Lipinski definition) is 5. The second-order valence-corrected chi connectivity index (χ2v) is 8.62. The molecule has 2 heterocycles. The predicted molar refractivity (Wildman–Crippen MR) is 120 cm³/mol. The molecule has 1 aliphatic heterocycles. The van der Waals surface area contributed by atoms with Crippen LogP contribution >= 0.6 is 15.9 Å². The van der Waals surface area contributed by atoms with Crippen molar-refractivity contribution in [2.24, 2.45) is 13.0 Å². The molecule has 3 rings (SSSR count). The second kappa shape index (κ2) is 10.2. The molecule has 0 unspecified atom stereocenters. The number of anilines is 1. The molecule has 1 aliphatic rings. The number of carbonyl (C=O) groups is 2. The molecule has 0 saturated carbocycles. The highest BCUT2D eigenvalue weighted by atomic mass is 79.9. The average molecular weight is 565 g/mol. The number of alkyl halides is 3. The van der Waals surface area contributed by atoms with E-state index in [1.54, 1.807) is 6.92 Å². The van der Waals surface area contributed by atoms with E-state index in [0.29, 0.717) is 12.8 Å². The molecule has 1 N–H and O–H groups in total. The first-order valence-corrected chi connectivity index (χ1v) is 11.3. The van der Waals surface area contributed by atoms with Crippen molar-refractivity contribution in [1.29, 1.82) is 0 Å². The van der Waals surface area contributed by atoms with E-state index < -0.39 is 40.7 Å². The molecule has 0 aliphatic carbocycles. The van der Waals surface area contributed by atoms with Crippen LogP contribution in [0.1, 0.15) is 25.5 Å². The highest BCUT2D eigenvalue weighted by molar-refractivity contribution is 9.10. The maximum Gasteiger partial charge on any atom is 0.431 e. The van der Waals surface area contributed by atoms with E-state index >= 15 is 0 Å². The lowest BCUT2D eigenvalue weighted by molar-refractivity contribution is -0.149. The van der Waals surface area contributed by atoms with E-state index in [0.717, 1.165) is 19.2 Å². The van der Waals surface area contributed by atoms with E-state index in [1.165, 1.54) is 4.90 Å². The zero-order valence-corrected chi connectivity index (χ0v) is 20.2. The number of carbonyl (C=O) groups excluding carboxylic acids is 2. The summed E-state index contributed by atoms with van der Waals surface area (Å²) in [6, 6.07) is 1.45. The first kappa shape index (κ1) is 26.4. The van der Waals surface area contributed by atoms with Gasteiger partial charge in [0, 0.05) is 30.7 Å². The highest BCUT2D eigenvalue weighted by Crippen LogP contribution is 2.30. The summed E-state index contributed by atoms with van der Waals surface area (Å²) in [5.74, 6) is -1.74. The van der Waals surface area contributed by atoms with Gasteiger partial charge in [-0.05, 0) is 47.8 Å². The summed E-state index contributed by atoms with van der Waals surface area (Å²) in [6.07, 6.45) is -4.19. The number of rotatable bonds is 4. The van der Waals surface area contributed by atoms with Gasteiger partial charge in [0.1, 0.15) is 11.5 Å². The number of halogens is 5. The fraction of sp³-hybridized carbons (Fsp3) is 0.429. The molecule has 2 amide bonds. The molecular weight excluding hydrogens is 544 g/mol. The number of likely N-dealkylation sites (tertiary alicyclic amines) is 1. The van der Waals surface area contributed by atoms with Gasteiger partial charge in [0.2, 0.25) is 0 Å². The van der Waals surface area contributed by atoms with Gasteiger partial charge in [-0.3, -0.25) is 14.2 Å². The Balaban J connectivity index is 1.88. The van der Waals surface area contributed by atoms with Crippen LogP contribution in [0.4, 0.5) is 28.0 Å². The second-order valence-electron chi connectivity index (χ2n) is 7.77. The van der Waals surface area contributed by atoms with Crippen LogP contribution in [0, 0.1) is 11.7 Å². The first-order valence-electron chi connectivity index (χ1n) is 10.5. The summed E-state index contributed by atoms with van der Waals surface area (Å²) >= 11 is 3.09. The fourth-order valence-electron chi connectivity index (χ4n) is 3.70. The largest absolute Gasteiger partial charge is 0.466 e. The molecule has 1 saturated heterocycles. The van der Waals surface area contributed by atoms with Gasteiger partial charge in [-0.1, -0.05) is 0 Å². The third kappa shape index (κ3) is 5.57. The Morgan fingerprint density at radius 1 is 1.17 bits per heavy atom. The van der Waals surface area contributed by atoms with Crippen molar-refractivity contribution < 1.29 is 31.9 Å². The van der Waals surface area contributed by atoms with E-state index in [4.69, 9.17) is 4.74 Å². The monoisotopic (exact) mass is 564 g/mol. The van der Waals surface area contributed by atoms with Gasteiger partial charge < -0.3 is 15.0 Å². The SMILES string of the molecule is CCOC(=O)C1CCN(C(=O)Nc2cc(-n3c(=O)cc(C(F)(F)F)n(C)c3=O)c(F)cc2Br)CC1. The normalized spacial score (nSPS) is 14.7. The van der Waals surface area contributed by atoms with Crippen LogP contribution in [0.2, 0.25) is 0 Å². The predicted octanol–water partition coefficient (Wildman–Crippen LogP) is 3.26. The summed E-state index contributed by atoms with van der Waals surface area (Å²) in [7, 11) is 0.806. The average Bonchev–Trinajstić information content (AvgIpc) is 2.78. The minimum absolute atomic E-state index is 0.0206. The molecule has 14 heteroatoms. The quantitative estimate of drug-likeness (QED) is 0.453. The molecule has 0 bridgehead atoms. The molecule has 0 atom stereocenters. The minimum atomic E-state index is -4.97. The van der Waals surface area contributed by atoms with Gasteiger partial charge in [-0.25, -0.2) is 18.5 Å². The molecule has 35 heavy (non-hydrogen) atoms. The molecule has 1 fully saturated rings. The van der Waals surface area contributed by atoms with Crippen molar-refractivity contribution in [3.05, 3.63) is 55.0 Å². The number of hydrogen-bond donors (Lipinski definition) is 1. The van der Waals surface area contributed by atoms with E-state index in [1.807, 2.05) is 0 Å². The van der Waals surface area contributed by atoms with Gasteiger partial charge in [-0.2, -0.15) is 13.2 Å². The van der Waals surface area contributed by atoms with Gasteiger partial charge in [0.15, 0.2) is 0 Å². The van der Waals surface area contributed by atoms with Gasteiger partial charge in [-0.15, -0.1) is 0 Å². The maximum atomic E-state index is 14.7. The summed E-state index contributed by atoms with van der Waals surface area (Å²) < 4.78 is 59.5. The number of nitrogens with one attached hydrogen (secondary N) is 1. The Morgan fingerprint density at radius 3 is 2.37 bits per heavy atom. The first-order chi connectivity index (χ1) is 16.3. The van der Waals surface area contributed by atoms with Crippen LogP contribution in [-0.4, -0.2) is 45.7 Å². The molecule has 1 aromatic heterocycles. The zero-order valence-electron chi connectivity index (χ0n) is 18.6. The molecule has 9 nitrogen and oxygen atoms in total. The lowest BCUT2D eigenvalue weighted by Crippen LogP contribution is -2.43. The molecule has 0 spiro atoms. The Kier molecular flexibility index (Phi) is 7.72. The summed E-state index contributed by atoms with van der Waals surface area (Å²) in [5.41, 5.74) is -4.94. The number of aromatic nitrogens is 2. The van der Waals surface area contributed by atoms with Gasteiger partial charge in [0.25, 0.3) is 5.56 Å². The lowest BCUT2D eigenvalue weighted by Gasteiger charge is -2.31. The number of ether oxygens (including phenoxy) is 1. The van der Waals surface area contributed by atoms with Crippen molar-refractivity contribution in [2.75, 3.05) is 25.0 Å². The maximum absolute atomic E-state index is 14.7. The molecule has 1 aromatic carbocycles. The summed E-state index contributed by atoms with van der Waals surface area (Å²) in [5, 5.41) is 2.53. The standard InChI is InChI=1S/C21H21BrF4N4O5/c1-3-35-18(32)11-4-6-29(7-5-11)19(33)27-14-9-15(13(23)8-12(14)22)30-17(31)10-16(21(24,25)26)28(2)20(30)34/h8-11H,3-7H2,1-2H3,(H,27,33).